The first-order valence-corrected chi connectivity index (χ1v) is 8.93. The van der Waals surface area contributed by atoms with Gasteiger partial charge in [-0.25, -0.2) is 4.98 Å². The van der Waals surface area contributed by atoms with Crippen molar-refractivity contribution in [2.75, 3.05) is 20.2 Å². The van der Waals surface area contributed by atoms with Gasteiger partial charge >= 0.3 is 6.18 Å². The number of nitrogens with zero attached hydrogens (tertiary/aromatic N) is 2. The lowest BCUT2D eigenvalue weighted by atomic mass is 10.1. The van der Waals surface area contributed by atoms with Gasteiger partial charge in [-0.05, 0) is 34.4 Å². The number of guanidine groups is 1. The third-order valence-electron chi connectivity index (χ3n) is 3.58. The molecule has 10 heteroatoms. The first kappa shape index (κ1) is 23.5. The highest BCUT2D eigenvalue weighted by Crippen LogP contribution is 2.20. The van der Waals surface area contributed by atoms with Gasteiger partial charge in [-0.3, -0.25) is 4.99 Å². The largest absolute Gasteiger partial charge is 0.468 e. The van der Waals surface area contributed by atoms with Crippen molar-refractivity contribution in [1.29, 1.82) is 0 Å². The fraction of sp³-hybridized carbons (Fsp3) is 0.412. The number of ether oxygens (including phenoxy) is 1. The van der Waals surface area contributed by atoms with Gasteiger partial charge in [0.1, 0.15) is 0 Å². The standard InChI is InChI=1S/C17H21F3N4OS.HI/c1-12(14-5-7-26-10-14)8-23-16(21-2)24-9-13-4-3-6-22-15(13)25-11-17(18,19)20;/h3-7,10,12H,8-9,11H2,1-2H3,(H2,21,23,24);1H. The molecule has 0 bridgehead atoms. The Morgan fingerprint density at radius 3 is 2.74 bits per heavy atom. The number of halogens is 4. The van der Waals surface area contributed by atoms with Crippen LogP contribution in [0.3, 0.4) is 0 Å². The summed E-state index contributed by atoms with van der Waals surface area (Å²) in [6, 6.07) is 5.38. The van der Waals surface area contributed by atoms with Crippen LogP contribution in [0.5, 0.6) is 5.88 Å². The minimum absolute atomic E-state index is 0. The van der Waals surface area contributed by atoms with Crippen LogP contribution in [-0.2, 0) is 6.54 Å². The summed E-state index contributed by atoms with van der Waals surface area (Å²) < 4.78 is 41.8. The van der Waals surface area contributed by atoms with E-state index in [-0.39, 0.29) is 36.4 Å². The van der Waals surface area contributed by atoms with Crippen molar-refractivity contribution in [3.05, 3.63) is 46.3 Å². The van der Waals surface area contributed by atoms with Crippen molar-refractivity contribution >= 4 is 41.3 Å². The van der Waals surface area contributed by atoms with E-state index in [0.717, 1.165) is 0 Å². The Bertz CT molecular complexity index is 710. The molecule has 0 saturated heterocycles. The van der Waals surface area contributed by atoms with Crippen LogP contribution in [0.2, 0.25) is 0 Å². The normalized spacial score (nSPS) is 12.9. The zero-order valence-corrected chi connectivity index (χ0v) is 18.1. The molecule has 0 saturated carbocycles. The van der Waals surface area contributed by atoms with Crippen LogP contribution in [0.15, 0.2) is 40.1 Å². The Morgan fingerprint density at radius 2 is 2.11 bits per heavy atom. The van der Waals surface area contributed by atoms with Gasteiger partial charge in [-0.2, -0.15) is 24.5 Å². The summed E-state index contributed by atoms with van der Waals surface area (Å²) in [7, 11) is 1.63. The zero-order valence-electron chi connectivity index (χ0n) is 14.9. The maximum Gasteiger partial charge on any atom is 0.422 e. The average molecular weight is 514 g/mol. The topological polar surface area (TPSA) is 58.5 Å². The zero-order chi connectivity index (χ0) is 19.0. The summed E-state index contributed by atoms with van der Waals surface area (Å²) >= 11 is 1.65. The molecule has 1 atom stereocenters. The summed E-state index contributed by atoms with van der Waals surface area (Å²) in [6.45, 7) is 1.66. The Labute approximate surface area is 177 Å². The molecule has 0 aliphatic heterocycles. The number of aliphatic imine (C=N–C) groups is 1. The molecule has 2 heterocycles. The molecule has 0 aliphatic rings. The lowest BCUT2D eigenvalue weighted by Gasteiger charge is -2.16. The molecular weight excluding hydrogens is 492 g/mol. The molecule has 0 aliphatic carbocycles. The molecule has 2 rings (SSSR count). The van der Waals surface area contributed by atoms with Crippen LogP contribution >= 0.6 is 35.3 Å². The Morgan fingerprint density at radius 1 is 1.33 bits per heavy atom. The van der Waals surface area contributed by atoms with Crippen molar-refractivity contribution in [1.82, 2.24) is 15.6 Å². The quantitative estimate of drug-likeness (QED) is 0.331. The highest BCUT2D eigenvalue weighted by Gasteiger charge is 2.29. The second-order valence-electron chi connectivity index (χ2n) is 5.64. The molecule has 0 fully saturated rings. The van der Waals surface area contributed by atoms with E-state index in [1.807, 2.05) is 5.38 Å². The fourth-order valence-corrected chi connectivity index (χ4v) is 2.94. The number of aromatic nitrogens is 1. The number of thiophene rings is 1. The highest BCUT2D eigenvalue weighted by atomic mass is 127. The summed E-state index contributed by atoms with van der Waals surface area (Å²) in [4.78, 5) is 8.00. The van der Waals surface area contributed by atoms with Crippen LogP contribution in [0.25, 0.3) is 0 Å². The van der Waals surface area contributed by atoms with E-state index >= 15 is 0 Å². The van der Waals surface area contributed by atoms with Crippen molar-refractivity contribution in [3.63, 3.8) is 0 Å². The predicted octanol–water partition coefficient (Wildman–Crippen LogP) is 4.17. The van der Waals surface area contributed by atoms with E-state index in [1.54, 1.807) is 30.5 Å². The summed E-state index contributed by atoms with van der Waals surface area (Å²) in [5, 5.41) is 10.4. The van der Waals surface area contributed by atoms with E-state index in [4.69, 9.17) is 4.74 Å². The molecule has 0 spiro atoms. The van der Waals surface area contributed by atoms with Gasteiger partial charge < -0.3 is 15.4 Å². The Balaban J connectivity index is 0.00000364. The monoisotopic (exact) mass is 514 g/mol. The van der Waals surface area contributed by atoms with E-state index in [0.29, 0.717) is 24.0 Å². The molecule has 0 aromatic carbocycles. The molecule has 150 valence electrons. The molecule has 27 heavy (non-hydrogen) atoms. The van der Waals surface area contributed by atoms with Gasteiger partial charge in [0.2, 0.25) is 5.88 Å². The van der Waals surface area contributed by atoms with Crippen LogP contribution in [0.1, 0.15) is 24.0 Å². The molecule has 5 nitrogen and oxygen atoms in total. The van der Waals surface area contributed by atoms with Crippen LogP contribution < -0.4 is 15.4 Å². The predicted molar refractivity (Wildman–Crippen MR) is 112 cm³/mol. The van der Waals surface area contributed by atoms with E-state index in [9.17, 15) is 13.2 Å². The third kappa shape index (κ3) is 8.33. The van der Waals surface area contributed by atoms with E-state index < -0.39 is 12.8 Å². The molecule has 2 aromatic heterocycles. The lowest BCUT2D eigenvalue weighted by Crippen LogP contribution is -2.38. The van der Waals surface area contributed by atoms with Gasteiger partial charge in [-0.15, -0.1) is 24.0 Å². The second-order valence-corrected chi connectivity index (χ2v) is 6.42. The maximum atomic E-state index is 12.3. The number of rotatable bonds is 7. The van der Waals surface area contributed by atoms with Gasteiger partial charge in [-0.1, -0.05) is 13.0 Å². The number of nitrogens with one attached hydrogen (secondary N) is 2. The molecule has 1 unspecified atom stereocenters. The Kier molecular flexibility index (Phi) is 9.84. The minimum atomic E-state index is -4.41. The first-order chi connectivity index (χ1) is 12.4. The average Bonchev–Trinajstić information content (AvgIpc) is 3.14. The number of alkyl halides is 3. The van der Waals surface area contributed by atoms with Crippen LogP contribution in [0, 0.1) is 0 Å². The van der Waals surface area contributed by atoms with E-state index in [1.165, 1.54) is 11.8 Å². The fourth-order valence-electron chi connectivity index (χ4n) is 2.16. The third-order valence-corrected chi connectivity index (χ3v) is 4.28. The van der Waals surface area contributed by atoms with Crippen molar-refractivity contribution in [2.45, 2.75) is 25.6 Å². The van der Waals surface area contributed by atoms with Crippen LogP contribution in [0.4, 0.5) is 13.2 Å². The molecule has 2 N–H and O–H groups in total. The Hall–Kier alpha value is -1.56. The van der Waals surface area contributed by atoms with Crippen LogP contribution in [-0.4, -0.2) is 37.3 Å². The highest BCUT2D eigenvalue weighted by molar-refractivity contribution is 14.0. The smallest absolute Gasteiger partial charge is 0.422 e. The van der Waals surface area contributed by atoms with Crippen molar-refractivity contribution in [2.24, 2.45) is 4.99 Å². The first-order valence-electron chi connectivity index (χ1n) is 7.99. The molecule has 0 radical (unpaired) electrons. The van der Waals surface area contributed by atoms with Gasteiger partial charge in [0.05, 0.1) is 0 Å². The summed E-state index contributed by atoms with van der Waals surface area (Å²) in [5.41, 5.74) is 1.76. The SMILES string of the molecule is CN=C(NCc1cccnc1OCC(F)(F)F)NCC(C)c1ccsc1.I. The minimum Gasteiger partial charge on any atom is -0.468 e. The lowest BCUT2D eigenvalue weighted by molar-refractivity contribution is -0.154. The van der Waals surface area contributed by atoms with E-state index in [2.05, 4.69) is 39.0 Å². The number of hydrogen-bond acceptors (Lipinski definition) is 4. The summed E-state index contributed by atoms with van der Waals surface area (Å²) in [6.07, 6.45) is -3.01. The van der Waals surface area contributed by atoms with Crippen molar-refractivity contribution in [3.8, 4) is 5.88 Å². The number of hydrogen-bond donors (Lipinski definition) is 2. The molecule has 0 amide bonds. The number of pyridine rings is 1. The van der Waals surface area contributed by atoms with Gasteiger partial charge in [0, 0.05) is 31.9 Å². The molecular formula is C17H22F3IN4OS. The molecule has 2 aromatic rings. The maximum absolute atomic E-state index is 12.3. The van der Waals surface area contributed by atoms with Crippen molar-refractivity contribution < 1.29 is 17.9 Å². The van der Waals surface area contributed by atoms with Gasteiger partial charge in [0.25, 0.3) is 0 Å². The summed E-state index contributed by atoms with van der Waals surface area (Å²) in [5.74, 6) is 0.820. The second kappa shape index (κ2) is 11.3. The van der Waals surface area contributed by atoms with Gasteiger partial charge in [0.15, 0.2) is 12.6 Å².